The predicted molar refractivity (Wildman–Crippen MR) is 80.0 cm³/mol. The molecule has 5 heteroatoms. The van der Waals surface area contributed by atoms with Crippen LogP contribution in [-0.2, 0) is 13.0 Å². The average Bonchev–Trinajstić information content (AvgIpc) is 2.90. The van der Waals surface area contributed by atoms with E-state index in [9.17, 15) is 0 Å². The first-order valence-electron chi connectivity index (χ1n) is 6.70. The highest BCUT2D eigenvalue weighted by atomic mass is 15.3. The van der Waals surface area contributed by atoms with Gasteiger partial charge in [-0.05, 0) is 30.2 Å². The topological polar surface area (TPSA) is 68.2 Å². The normalized spacial score (nSPS) is 10.9. The number of rotatable bonds is 4. The van der Waals surface area contributed by atoms with Crippen LogP contribution in [-0.4, -0.2) is 14.6 Å². The minimum absolute atomic E-state index is 0.421. The zero-order valence-corrected chi connectivity index (χ0v) is 11.4. The zero-order chi connectivity index (χ0) is 13.9. The van der Waals surface area contributed by atoms with Crippen LogP contribution in [0.15, 0.2) is 42.6 Å². The first kappa shape index (κ1) is 12.6. The molecule has 102 valence electrons. The Morgan fingerprint density at radius 3 is 2.85 bits per heavy atom. The molecule has 3 rings (SSSR count). The molecule has 20 heavy (non-hydrogen) atoms. The maximum atomic E-state index is 5.59. The second kappa shape index (κ2) is 5.30. The molecule has 3 N–H and O–H groups in total. The van der Waals surface area contributed by atoms with Crippen molar-refractivity contribution in [1.82, 2.24) is 14.6 Å². The minimum atomic E-state index is 0.421. The summed E-state index contributed by atoms with van der Waals surface area (Å²) in [5.41, 5.74) is 9.59. The van der Waals surface area contributed by atoms with E-state index in [-0.39, 0.29) is 0 Å². The Balaban J connectivity index is 1.94. The fourth-order valence-corrected chi connectivity index (χ4v) is 2.18. The van der Waals surface area contributed by atoms with Gasteiger partial charge < -0.3 is 11.1 Å². The van der Waals surface area contributed by atoms with Crippen LogP contribution in [0.5, 0.6) is 0 Å². The SMILES string of the molecule is CCc1ccccc1Nc1ccc2nc(CN)cn2n1. The largest absolute Gasteiger partial charge is 0.339 e. The van der Waals surface area contributed by atoms with Crippen molar-refractivity contribution in [3.05, 3.63) is 53.9 Å². The molecule has 0 unspecified atom stereocenters. The molecule has 2 heterocycles. The summed E-state index contributed by atoms with van der Waals surface area (Å²) in [6.45, 7) is 2.56. The molecule has 0 radical (unpaired) electrons. The van der Waals surface area contributed by atoms with Crippen molar-refractivity contribution < 1.29 is 0 Å². The Kier molecular flexibility index (Phi) is 3.35. The van der Waals surface area contributed by atoms with E-state index in [1.54, 1.807) is 4.52 Å². The van der Waals surface area contributed by atoms with Gasteiger partial charge in [-0.3, -0.25) is 0 Å². The summed E-state index contributed by atoms with van der Waals surface area (Å²) < 4.78 is 1.75. The third-order valence-electron chi connectivity index (χ3n) is 3.24. The molecular weight excluding hydrogens is 250 g/mol. The third-order valence-corrected chi connectivity index (χ3v) is 3.24. The van der Waals surface area contributed by atoms with Crippen molar-refractivity contribution in [2.75, 3.05) is 5.32 Å². The maximum Gasteiger partial charge on any atom is 0.153 e. The van der Waals surface area contributed by atoms with Gasteiger partial charge in [0.2, 0.25) is 0 Å². The van der Waals surface area contributed by atoms with Gasteiger partial charge in [0, 0.05) is 12.2 Å². The second-order valence-electron chi connectivity index (χ2n) is 4.59. The highest BCUT2D eigenvalue weighted by Crippen LogP contribution is 2.20. The quantitative estimate of drug-likeness (QED) is 0.762. The number of aromatic nitrogens is 3. The molecular formula is C15H17N5. The van der Waals surface area contributed by atoms with Crippen LogP contribution in [0.4, 0.5) is 11.5 Å². The maximum absolute atomic E-state index is 5.59. The van der Waals surface area contributed by atoms with Crippen molar-refractivity contribution in [2.24, 2.45) is 5.73 Å². The number of nitrogens with one attached hydrogen (secondary N) is 1. The molecule has 1 aromatic carbocycles. The Labute approximate surface area is 117 Å². The second-order valence-corrected chi connectivity index (χ2v) is 4.59. The average molecular weight is 267 g/mol. The summed E-state index contributed by atoms with van der Waals surface area (Å²) in [6, 6.07) is 12.1. The Morgan fingerprint density at radius 2 is 2.05 bits per heavy atom. The summed E-state index contributed by atoms with van der Waals surface area (Å²) in [5.74, 6) is 0.791. The molecule has 0 aliphatic heterocycles. The van der Waals surface area contributed by atoms with Crippen LogP contribution >= 0.6 is 0 Å². The molecule has 0 saturated carbocycles. The van der Waals surface area contributed by atoms with E-state index in [0.717, 1.165) is 29.3 Å². The van der Waals surface area contributed by atoms with Gasteiger partial charge in [0.25, 0.3) is 0 Å². The number of nitrogens with zero attached hydrogens (tertiary/aromatic N) is 3. The van der Waals surface area contributed by atoms with Gasteiger partial charge in [0.05, 0.1) is 11.9 Å². The first-order chi connectivity index (χ1) is 9.80. The van der Waals surface area contributed by atoms with Gasteiger partial charge in [-0.15, -0.1) is 5.10 Å². The minimum Gasteiger partial charge on any atom is -0.339 e. The lowest BCUT2D eigenvalue weighted by atomic mass is 10.1. The molecule has 0 amide bonds. The van der Waals surface area contributed by atoms with Gasteiger partial charge in [-0.1, -0.05) is 25.1 Å². The van der Waals surface area contributed by atoms with Crippen LogP contribution < -0.4 is 11.1 Å². The molecule has 3 aromatic rings. The van der Waals surface area contributed by atoms with Crippen LogP contribution in [0.1, 0.15) is 18.2 Å². The number of anilines is 2. The Morgan fingerprint density at radius 1 is 1.20 bits per heavy atom. The molecule has 0 saturated heterocycles. The lowest BCUT2D eigenvalue weighted by Crippen LogP contribution is -2.00. The molecule has 0 aliphatic rings. The molecule has 0 atom stereocenters. The van der Waals surface area contributed by atoms with Crippen molar-refractivity contribution >= 4 is 17.2 Å². The summed E-state index contributed by atoms with van der Waals surface area (Å²) >= 11 is 0. The Bertz CT molecular complexity index is 732. The molecule has 0 aliphatic carbocycles. The number of imidazole rings is 1. The number of fused-ring (bicyclic) bond motifs is 1. The van der Waals surface area contributed by atoms with E-state index in [4.69, 9.17) is 5.73 Å². The van der Waals surface area contributed by atoms with Gasteiger partial charge >= 0.3 is 0 Å². The van der Waals surface area contributed by atoms with Crippen LogP contribution in [0.25, 0.3) is 5.65 Å². The van der Waals surface area contributed by atoms with Crippen LogP contribution in [0.3, 0.4) is 0 Å². The summed E-state index contributed by atoms with van der Waals surface area (Å²) in [6.07, 6.45) is 2.83. The number of hydrogen-bond donors (Lipinski definition) is 2. The van der Waals surface area contributed by atoms with E-state index in [0.29, 0.717) is 6.54 Å². The third kappa shape index (κ3) is 2.35. The summed E-state index contributed by atoms with van der Waals surface area (Å²) in [5, 5.41) is 7.85. The monoisotopic (exact) mass is 267 g/mol. The van der Waals surface area contributed by atoms with E-state index >= 15 is 0 Å². The molecule has 2 aromatic heterocycles. The lowest BCUT2D eigenvalue weighted by molar-refractivity contribution is 0.933. The number of hydrogen-bond acceptors (Lipinski definition) is 4. The van der Waals surface area contributed by atoms with Gasteiger partial charge in [-0.25, -0.2) is 9.50 Å². The molecule has 0 fully saturated rings. The van der Waals surface area contributed by atoms with Gasteiger partial charge in [0.15, 0.2) is 11.5 Å². The fraction of sp³-hybridized carbons (Fsp3) is 0.200. The highest BCUT2D eigenvalue weighted by molar-refractivity contribution is 5.61. The van der Waals surface area contributed by atoms with Crippen LogP contribution in [0.2, 0.25) is 0 Å². The number of nitrogens with two attached hydrogens (primary N) is 1. The Hall–Kier alpha value is -2.40. The van der Waals surface area contributed by atoms with E-state index in [1.807, 2.05) is 30.5 Å². The van der Waals surface area contributed by atoms with Crippen molar-refractivity contribution in [3.63, 3.8) is 0 Å². The number of para-hydroxylation sites is 1. The standard InChI is InChI=1S/C15H17N5/c1-2-11-5-3-4-6-13(11)18-14-7-8-15-17-12(9-16)10-20(15)19-14/h3-8,10H,2,9,16H2,1H3,(H,18,19). The van der Waals surface area contributed by atoms with E-state index in [2.05, 4.69) is 34.5 Å². The predicted octanol–water partition coefficient (Wildman–Crippen LogP) is 2.49. The van der Waals surface area contributed by atoms with Crippen molar-refractivity contribution in [2.45, 2.75) is 19.9 Å². The first-order valence-corrected chi connectivity index (χ1v) is 6.70. The van der Waals surface area contributed by atoms with Crippen molar-refractivity contribution in [1.29, 1.82) is 0 Å². The summed E-state index contributed by atoms with van der Waals surface area (Å²) in [7, 11) is 0. The number of aryl methyl sites for hydroxylation is 1. The smallest absolute Gasteiger partial charge is 0.153 e. The highest BCUT2D eigenvalue weighted by Gasteiger charge is 2.04. The molecule has 0 spiro atoms. The number of benzene rings is 1. The van der Waals surface area contributed by atoms with Crippen LogP contribution in [0, 0.1) is 0 Å². The molecule has 5 nitrogen and oxygen atoms in total. The van der Waals surface area contributed by atoms with Gasteiger partial charge in [-0.2, -0.15) is 0 Å². The van der Waals surface area contributed by atoms with E-state index < -0.39 is 0 Å². The lowest BCUT2D eigenvalue weighted by Gasteiger charge is -2.09. The summed E-state index contributed by atoms with van der Waals surface area (Å²) in [4.78, 5) is 4.36. The fourth-order valence-electron chi connectivity index (χ4n) is 2.18. The van der Waals surface area contributed by atoms with E-state index in [1.165, 1.54) is 5.56 Å². The molecule has 0 bridgehead atoms. The van der Waals surface area contributed by atoms with Gasteiger partial charge in [0.1, 0.15) is 0 Å². The van der Waals surface area contributed by atoms with Crippen molar-refractivity contribution in [3.8, 4) is 0 Å². The zero-order valence-electron chi connectivity index (χ0n) is 11.4.